The van der Waals surface area contributed by atoms with Gasteiger partial charge in [-0.15, -0.1) is 0 Å². The molecule has 0 saturated heterocycles. The summed E-state index contributed by atoms with van der Waals surface area (Å²) in [6, 6.07) is 0. The molecule has 114 valence electrons. The Balaban J connectivity index is 2.90. The quantitative estimate of drug-likeness (QED) is 0.256. The summed E-state index contributed by atoms with van der Waals surface area (Å²) in [4.78, 5) is 15.3. The Bertz CT molecular complexity index is 366. The van der Waals surface area contributed by atoms with E-state index in [0.717, 1.165) is 25.7 Å². The van der Waals surface area contributed by atoms with Crippen molar-refractivity contribution in [3.8, 4) is 0 Å². The number of hydrogen-bond donors (Lipinski definition) is 1. The topological polar surface area (TPSA) is 87.1 Å². The van der Waals surface area contributed by atoms with Crippen molar-refractivity contribution in [1.29, 1.82) is 0 Å². The van der Waals surface area contributed by atoms with Gasteiger partial charge in [-0.1, -0.05) is 31.8 Å². The van der Waals surface area contributed by atoms with Crippen molar-refractivity contribution in [1.82, 2.24) is 5.32 Å². The van der Waals surface area contributed by atoms with Gasteiger partial charge < -0.3 is 10.1 Å². The van der Waals surface area contributed by atoms with E-state index in [1.54, 1.807) is 0 Å². The van der Waals surface area contributed by atoms with E-state index in [2.05, 4.69) is 29.2 Å². The van der Waals surface area contributed by atoms with E-state index in [9.17, 15) is 4.79 Å². The van der Waals surface area contributed by atoms with Crippen molar-refractivity contribution in [2.45, 2.75) is 52.0 Å². The third kappa shape index (κ3) is 3.87. The highest BCUT2D eigenvalue weighted by atomic mass is 16.5. The molecule has 1 saturated carbocycles. The smallest absolute Gasteiger partial charge is 0.326 e. The molecule has 1 aliphatic rings. The van der Waals surface area contributed by atoms with Crippen LogP contribution in [0.15, 0.2) is 5.11 Å². The highest BCUT2D eigenvalue weighted by Crippen LogP contribution is 2.39. The Morgan fingerprint density at radius 2 is 2.30 bits per heavy atom. The minimum absolute atomic E-state index is 0.153. The number of hydrogen-bond acceptors (Lipinski definition) is 4. The summed E-state index contributed by atoms with van der Waals surface area (Å²) in [7, 11) is 0. The van der Waals surface area contributed by atoms with E-state index in [-0.39, 0.29) is 11.9 Å². The maximum absolute atomic E-state index is 12.5. The van der Waals surface area contributed by atoms with Crippen LogP contribution in [-0.2, 0) is 9.53 Å². The van der Waals surface area contributed by atoms with Crippen molar-refractivity contribution >= 4 is 5.97 Å². The molecule has 0 amide bonds. The normalized spacial score (nSPS) is 26.1. The van der Waals surface area contributed by atoms with Crippen LogP contribution in [0, 0.1) is 11.8 Å². The van der Waals surface area contributed by atoms with Crippen LogP contribution in [0.4, 0.5) is 0 Å². The molecule has 0 aliphatic heterocycles. The molecule has 0 spiro atoms. The molecule has 2 unspecified atom stereocenters. The van der Waals surface area contributed by atoms with Gasteiger partial charge in [0.25, 0.3) is 0 Å². The zero-order valence-corrected chi connectivity index (χ0v) is 12.8. The van der Waals surface area contributed by atoms with Crippen LogP contribution in [0.25, 0.3) is 10.4 Å². The molecule has 1 aliphatic carbocycles. The van der Waals surface area contributed by atoms with Crippen molar-refractivity contribution in [2.75, 3.05) is 19.7 Å². The average Bonchev–Trinajstić information content (AvgIpc) is 2.44. The number of carbonyl (C=O) groups excluding carboxylic acids is 1. The summed E-state index contributed by atoms with van der Waals surface area (Å²) in [5.74, 6) is 0.521. The molecule has 6 nitrogen and oxygen atoms in total. The van der Waals surface area contributed by atoms with Gasteiger partial charge in [0, 0.05) is 18.0 Å². The summed E-state index contributed by atoms with van der Waals surface area (Å²) in [6.45, 7) is 7.38. The van der Waals surface area contributed by atoms with E-state index >= 15 is 0 Å². The SMILES string of the molecule is CCOC(=O)C1(NCCN=[N+]=[N-])CCCCC1C(C)C. The predicted molar refractivity (Wildman–Crippen MR) is 78.2 cm³/mol. The first-order valence-corrected chi connectivity index (χ1v) is 7.51. The summed E-state index contributed by atoms with van der Waals surface area (Å²) in [6.07, 6.45) is 4.01. The molecule has 1 rings (SSSR count). The highest BCUT2D eigenvalue weighted by Gasteiger charge is 2.48. The van der Waals surface area contributed by atoms with Crippen molar-refractivity contribution in [3.05, 3.63) is 10.4 Å². The number of rotatable bonds is 7. The third-order valence-corrected chi connectivity index (χ3v) is 4.13. The third-order valence-electron chi connectivity index (χ3n) is 4.13. The molecule has 1 fully saturated rings. The Morgan fingerprint density at radius 3 is 2.90 bits per heavy atom. The molecule has 0 aromatic rings. The lowest BCUT2D eigenvalue weighted by Crippen LogP contribution is -2.61. The van der Waals surface area contributed by atoms with Crippen LogP contribution in [0.3, 0.4) is 0 Å². The minimum Gasteiger partial charge on any atom is -0.465 e. The predicted octanol–water partition coefficient (Wildman–Crippen LogP) is 3.03. The van der Waals surface area contributed by atoms with Gasteiger partial charge in [0.1, 0.15) is 5.54 Å². The highest BCUT2D eigenvalue weighted by molar-refractivity contribution is 5.81. The number of ether oxygens (including phenoxy) is 1. The summed E-state index contributed by atoms with van der Waals surface area (Å²) in [5, 5.41) is 6.87. The maximum Gasteiger partial charge on any atom is 0.326 e. The van der Waals surface area contributed by atoms with E-state index < -0.39 is 5.54 Å². The number of nitrogens with one attached hydrogen (secondary N) is 1. The monoisotopic (exact) mass is 282 g/mol. The van der Waals surface area contributed by atoms with Gasteiger partial charge in [-0.2, -0.15) is 0 Å². The molecular formula is C14H26N4O2. The van der Waals surface area contributed by atoms with Gasteiger partial charge in [0.05, 0.1) is 6.61 Å². The summed E-state index contributed by atoms with van der Waals surface area (Å²) >= 11 is 0. The molecule has 6 heteroatoms. The van der Waals surface area contributed by atoms with Crippen molar-refractivity contribution in [2.24, 2.45) is 17.0 Å². The van der Waals surface area contributed by atoms with Gasteiger partial charge in [0.15, 0.2) is 0 Å². The Kier molecular flexibility index (Phi) is 6.82. The van der Waals surface area contributed by atoms with Crippen LogP contribution in [-0.4, -0.2) is 31.2 Å². The first-order valence-electron chi connectivity index (χ1n) is 7.51. The molecule has 0 aromatic carbocycles. The fraction of sp³-hybridized carbons (Fsp3) is 0.929. The fourth-order valence-electron chi connectivity index (χ4n) is 3.28. The second-order valence-electron chi connectivity index (χ2n) is 5.67. The Hall–Kier alpha value is -1.26. The van der Waals surface area contributed by atoms with Crippen LogP contribution < -0.4 is 5.32 Å². The second kappa shape index (κ2) is 8.12. The Labute approximate surface area is 120 Å². The molecule has 20 heavy (non-hydrogen) atoms. The van der Waals surface area contributed by atoms with Crippen LogP contribution in [0.2, 0.25) is 0 Å². The average molecular weight is 282 g/mol. The molecule has 0 radical (unpaired) electrons. The summed E-state index contributed by atoms with van der Waals surface area (Å²) in [5.41, 5.74) is 7.72. The zero-order chi connectivity index (χ0) is 15.0. The minimum atomic E-state index is -0.618. The van der Waals surface area contributed by atoms with Gasteiger partial charge in [0.2, 0.25) is 0 Å². The van der Waals surface area contributed by atoms with Crippen LogP contribution in [0.5, 0.6) is 0 Å². The molecule has 0 heterocycles. The van der Waals surface area contributed by atoms with Crippen LogP contribution >= 0.6 is 0 Å². The van der Waals surface area contributed by atoms with Gasteiger partial charge in [-0.3, -0.25) is 4.79 Å². The first-order chi connectivity index (χ1) is 9.58. The van der Waals surface area contributed by atoms with Gasteiger partial charge in [-0.25, -0.2) is 0 Å². The zero-order valence-electron chi connectivity index (χ0n) is 12.8. The summed E-state index contributed by atoms with van der Waals surface area (Å²) < 4.78 is 5.32. The van der Waals surface area contributed by atoms with Gasteiger partial charge >= 0.3 is 5.97 Å². The number of esters is 1. The van der Waals surface area contributed by atoms with Gasteiger partial charge in [-0.05, 0) is 37.1 Å². The number of carbonyl (C=O) groups is 1. The van der Waals surface area contributed by atoms with E-state index in [0.29, 0.717) is 25.6 Å². The maximum atomic E-state index is 12.5. The number of azide groups is 1. The molecule has 0 aromatic heterocycles. The lowest BCUT2D eigenvalue weighted by molar-refractivity contribution is -0.157. The van der Waals surface area contributed by atoms with E-state index in [1.165, 1.54) is 0 Å². The standard InChI is InChI=1S/C14H26N4O2/c1-4-20-13(19)14(16-9-10-17-18-15)8-6-5-7-12(14)11(2)3/h11-12,16H,4-10H2,1-3H3. The molecular weight excluding hydrogens is 256 g/mol. The lowest BCUT2D eigenvalue weighted by atomic mass is 9.67. The second-order valence-corrected chi connectivity index (χ2v) is 5.67. The molecule has 0 bridgehead atoms. The number of nitrogens with zero attached hydrogens (tertiary/aromatic N) is 3. The van der Waals surface area contributed by atoms with E-state index in [1.807, 2.05) is 6.92 Å². The van der Waals surface area contributed by atoms with Crippen molar-refractivity contribution in [3.63, 3.8) is 0 Å². The van der Waals surface area contributed by atoms with Crippen LogP contribution in [0.1, 0.15) is 46.5 Å². The molecule has 2 atom stereocenters. The largest absolute Gasteiger partial charge is 0.465 e. The fourth-order valence-corrected chi connectivity index (χ4v) is 3.28. The Morgan fingerprint density at radius 1 is 1.55 bits per heavy atom. The lowest BCUT2D eigenvalue weighted by Gasteiger charge is -2.44. The van der Waals surface area contributed by atoms with Crippen molar-refractivity contribution < 1.29 is 9.53 Å². The molecule has 1 N–H and O–H groups in total. The first kappa shape index (κ1) is 16.8. The van der Waals surface area contributed by atoms with E-state index in [4.69, 9.17) is 10.3 Å².